The minimum absolute atomic E-state index is 0.0981. The Hall–Kier alpha value is -1.40. The van der Waals surface area contributed by atoms with Crippen molar-refractivity contribution in [3.63, 3.8) is 0 Å². The molecule has 1 N–H and O–H groups in total. The monoisotopic (exact) mass is 337 g/mol. The van der Waals surface area contributed by atoms with Gasteiger partial charge in [-0.1, -0.05) is 12.1 Å². The van der Waals surface area contributed by atoms with Gasteiger partial charge in [0.25, 0.3) is 0 Å². The highest BCUT2D eigenvalue weighted by atomic mass is 32.1. The minimum Gasteiger partial charge on any atom is -0.495 e. The molecule has 0 atom stereocenters. The minimum atomic E-state index is 0.0981. The lowest BCUT2D eigenvalue weighted by Gasteiger charge is -2.36. The first-order chi connectivity index (χ1) is 11.2. The number of carbonyl (C=O) groups is 1. The Morgan fingerprint density at radius 2 is 2.00 bits per heavy atom. The standard InChI is InChI=1S/C17H27N3O2S/c1-22-16-6-3-2-5-15(16)20-12-10-19(11-13-20)9-4-8-18-17(21)7-14-23/h2-3,5-6,23H,4,7-14H2,1H3,(H,18,21). The van der Waals surface area contributed by atoms with Gasteiger partial charge >= 0.3 is 0 Å². The second kappa shape index (κ2) is 9.67. The number of hydrogen-bond donors (Lipinski definition) is 2. The first-order valence-electron chi connectivity index (χ1n) is 8.22. The molecule has 0 saturated carbocycles. The first-order valence-corrected chi connectivity index (χ1v) is 8.85. The molecule has 5 nitrogen and oxygen atoms in total. The number of hydrogen-bond acceptors (Lipinski definition) is 5. The fourth-order valence-electron chi connectivity index (χ4n) is 2.82. The Kier molecular flexibility index (Phi) is 7.55. The maximum atomic E-state index is 11.4. The van der Waals surface area contributed by atoms with Crippen molar-refractivity contribution in [2.75, 3.05) is 57.0 Å². The van der Waals surface area contributed by atoms with Gasteiger partial charge in [0, 0.05) is 39.1 Å². The third kappa shape index (κ3) is 5.62. The maximum Gasteiger partial charge on any atom is 0.220 e. The third-order valence-corrected chi connectivity index (χ3v) is 4.33. The van der Waals surface area contributed by atoms with E-state index in [-0.39, 0.29) is 5.91 Å². The fraction of sp³-hybridized carbons (Fsp3) is 0.588. The van der Waals surface area contributed by atoms with Gasteiger partial charge in [-0.15, -0.1) is 0 Å². The number of rotatable bonds is 8. The highest BCUT2D eigenvalue weighted by Gasteiger charge is 2.18. The van der Waals surface area contributed by atoms with Gasteiger partial charge in [0.2, 0.25) is 5.91 Å². The van der Waals surface area contributed by atoms with Crippen LogP contribution in [0.1, 0.15) is 12.8 Å². The Morgan fingerprint density at radius 1 is 1.26 bits per heavy atom. The van der Waals surface area contributed by atoms with Crippen molar-refractivity contribution in [3.8, 4) is 5.75 Å². The summed E-state index contributed by atoms with van der Waals surface area (Å²) < 4.78 is 5.45. The van der Waals surface area contributed by atoms with Gasteiger partial charge in [0.15, 0.2) is 0 Å². The normalized spacial score (nSPS) is 15.5. The van der Waals surface area contributed by atoms with E-state index in [0.717, 1.165) is 51.4 Å². The van der Waals surface area contributed by atoms with Gasteiger partial charge < -0.3 is 15.0 Å². The zero-order valence-corrected chi connectivity index (χ0v) is 14.7. The number of carbonyl (C=O) groups excluding carboxylic acids is 1. The lowest BCUT2D eigenvalue weighted by Crippen LogP contribution is -2.47. The van der Waals surface area contributed by atoms with Crippen LogP contribution in [-0.4, -0.2) is 62.9 Å². The molecule has 1 aromatic rings. The van der Waals surface area contributed by atoms with Crippen molar-refractivity contribution in [1.82, 2.24) is 10.2 Å². The highest BCUT2D eigenvalue weighted by molar-refractivity contribution is 7.80. The van der Waals surface area contributed by atoms with Crippen LogP contribution < -0.4 is 15.0 Å². The van der Waals surface area contributed by atoms with E-state index < -0.39 is 0 Å². The molecule has 1 aliphatic rings. The van der Waals surface area contributed by atoms with E-state index in [1.165, 1.54) is 5.69 Å². The van der Waals surface area contributed by atoms with Crippen LogP contribution in [0.25, 0.3) is 0 Å². The molecule has 1 saturated heterocycles. The van der Waals surface area contributed by atoms with E-state index in [2.05, 4.69) is 39.9 Å². The van der Waals surface area contributed by atoms with Crippen LogP contribution in [-0.2, 0) is 4.79 Å². The number of benzene rings is 1. The second-order valence-corrected chi connectivity index (χ2v) is 6.12. The van der Waals surface area contributed by atoms with E-state index in [4.69, 9.17) is 4.74 Å². The largest absolute Gasteiger partial charge is 0.495 e. The molecule has 0 radical (unpaired) electrons. The van der Waals surface area contributed by atoms with Crippen molar-refractivity contribution in [1.29, 1.82) is 0 Å². The van der Waals surface area contributed by atoms with Gasteiger partial charge in [0.1, 0.15) is 5.75 Å². The average molecular weight is 337 g/mol. The number of nitrogens with zero attached hydrogens (tertiary/aromatic N) is 2. The van der Waals surface area contributed by atoms with Gasteiger partial charge in [-0.05, 0) is 30.9 Å². The molecular formula is C17H27N3O2S. The topological polar surface area (TPSA) is 44.8 Å². The maximum absolute atomic E-state index is 11.4. The first kappa shape index (κ1) is 17.9. The number of thiol groups is 1. The van der Waals surface area contributed by atoms with Crippen LogP contribution in [0.15, 0.2) is 24.3 Å². The van der Waals surface area contributed by atoms with Crippen LogP contribution in [0.2, 0.25) is 0 Å². The van der Waals surface area contributed by atoms with Crippen molar-refractivity contribution >= 4 is 24.2 Å². The van der Waals surface area contributed by atoms with Crippen molar-refractivity contribution in [3.05, 3.63) is 24.3 Å². The molecule has 128 valence electrons. The fourth-order valence-corrected chi connectivity index (χ4v) is 3.03. The molecule has 0 aliphatic carbocycles. The summed E-state index contributed by atoms with van der Waals surface area (Å²) in [5, 5.41) is 2.93. The zero-order chi connectivity index (χ0) is 16.5. The number of anilines is 1. The molecule has 0 aromatic heterocycles. The Bertz CT molecular complexity index is 490. The van der Waals surface area contributed by atoms with Crippen molar-refractivity contribution in [2.24, 2.45) is 0 Å². The third-order valence-electron chi connectivity index (χ3n) is 4.11. The smallest absolute Gasteiger partial charge is 0.220 e. The van der Waals surface area contributed by atoms with Crippen molar-refractivity contribution in [2.45, 2.75) is 12.8 Å². The molecule has 1 fully saturated rings. The lowest BCUT2D eigenvalue weighted by atomic mass is 10.2. The van der Waals surface area contributed by atoms with Gasteiger partial charge in [-0.25, -0.2) is 0 Å². The van der Waals surface area contributed by atoms with Gasteiger partial charge in [0.05, 0.1) is 12.8 Å². The predicted molar refractivity (Wildman–Crippen MR) is 97.7 cm³/mol. The molecule has 2 rings (SSSR count). The number of para-hydroxylation sites is 2. The zero-order valence-electron chi connectivity index (χ0n) is 13.8. The predicted octanol–water partition coefficient (Wildman–Crippen LogP) is 1.64. The summed E-state index contributed by atoms with van der Waals surface area (Å²) in [4.78, 5) is 16.2. The Balaban J connectivity index is 1.69. The van der Waals surface area contributed by atoms with Crippen LogP contribution >= 0.6 is 12.6 Å². The van der Waals surface area contributed by atoms with Crippen LogP contribution in [0.3, 0.4) is 0 Å². The van der Waals surface area contributed by atoms with E-state index >= 15 is 0 Å². The summed E-state index contributed by atoms with van der Waals surface area (Å²) in [5.41, 5.74) is 1.17. The average Bonchev–Trinajstić information content (AvgIpc) is 2.59. The summed E-state index contributed by atoms with van der Waals surface area (Å²) in [6.45, 7) is 5.88. The second-order valence-electron chi connectivity index (χ2n) is 5.68. The molecule has 0 unspecified atom stereocenters. The van der Waals surface area contributed by atoms with E-state index in [0.29, 0.717) is 12.2 Å². The number of amides is 1. The van der Waals surface area contributed by atoms with Crippen LogP contribution in [0, 0.1) is 0 Å². The van der Waals surface area contributed by atoms with Gasteiger partial charge in [-0.2, -0.15) is 12.6 Å². The Morgan fingerprint density at radius 3 is 2.70 bits per heavy atom. The molecular weight excluding hydrogens is 310 g/mol. The molecule has 1 amide bonds. The van der Waals surface area contributed by atoms with E-state index in [9.17, 15) is 4.79 Å². The van der Waals surface area contributed by atoms with E-state index in [1.807, 2.05) is 12.1 Å². The molecule has 23 heavy (non-hydrogen) atoms. The molecule has 0 bridgehead atoms. The molecule has 1 aromatic carbocycles. The summed E-state index contributed by atoms with van der Waals surface area (Å²) in [7, 11) is 1.72. The van der Waals surface area contributed by atoms with Crippen LogP contribution in [0.5, 0.6) is 5.75 Å². The van der Waals surface area contributed by atoms with Crippen molar-refractivity contribution < 1.29 is 9.53 Å². The quantitative estimate of drug-likeness (QED) is 0.559. The summed E-state index contributed by atoms with van der Waals surface area (Å²) in [6, 6.07) is 8.18. The molecule has 1 heterocycles. The summed E-state index contributed by atoms with van der Waals surface area (Å²) in [5.74, 6) is 1.64. The number of ether oxygens (including phenoxy) is 1. The SMILES string of the molecule is COc1ccccc1N1CCN(CCCNC(=O)CCS)CC1. The van der Waals surface area contributed by atoms with Gasteiger partial charge in [-0.3, -0.25) is 9.69 Å². The number of methoxy groups -OCH3 is 1. The molecule has 1 aliphatic heterocycles. The lowest BCUT2D eigenvalue weighted by molar-refractivity contribution is -0.120. The summed E-state index contributed by atoms with van der Waals surface area (Å²) in [6.07, 6.45) is 1.49. The Labute approximate surface area is 144 Å². The van der Waals surface area contributed by atoms with E-state index in [1.54, 1.807) is 7.11 Å². The molecule has 6 heteroatoms. The number of piperazine rings is 1. The van der Waals surface area contributed by atoms with Crippen LogP contribution in [0.4, 0.5) is 5.69 Å². The number of nitrogens with one attached hydrogen (secondary N) is 1. The summed E-state index contributed by atoms with van der Waals surface area (Å²) >= 11 is 4.06. The molecule has 0 spiro atoms. The highest BCUT2D eigenvalue weighted by Crippen LogP contribution is 2.28.